The third-order valence-electron chi connectivity index (χ3n) is 4.56. The lowest BCUT2D eigenvalue weighted by Gasteiger charge is -2.43. The largest absolute Gasteiger partial charge is 0.376 e. The van der Waals surface area contributed by atoms with Gasteiger partial charge < -0.3 is 19.3 Å². The fourth-order valence-electron chi connectivity index (χ4n) is 3.31. The Balaban J connectivity index is 1.60. The molecule has 2 aromatic rings. The van der Waals surface area contributed by atoms with Crippen molar-refractivity contribution in [2.24, 2.45) is 0 Å². The summed E-state index contributed by atoms with van der Waals surface area (Å²) in [6.07, 6.45) is 3.26. The summed E-state index contributed by atoms with van der Waals surface area (Å²) < 4.78 is 11.8. The molecule has 3 heterocycles. The van der Waals surface area contributed by atoms with Crippen molar-refractivity contribution in [3.63, 3.8) is 0 Å². The van der Waals surface area contributed by atoms with Crippen molar-refractivity contribution >= 4 is 17.4 Å². The summed E-state index contributed by atoms with van der Waals surface area (Å²) in [4.78, 5) is 24.6. The zero-order chi connectivity index (χ0) is 17.1. The van der Waals surface area contributed by atoms with E-state index in [4.69, 9.17) is 9.47 Å². The van der Waals surface area contributed by atoms with Crippen LogP contribution in [0.3, 0.4) is 0 Å². The van der Waals surface area contributed by atoms with Crippen LogP contribution >= 0.6 is 0 Å². The van der Waals surface area contributed by atoms with Crippen LogP contribution in [0.25, 0.3) is 0 Å². The third kappa shape index (κ3) is 3.33. The van der Waals surface area contributed by atoms with Gasteiger partial charge in [-0.05, 0) is 18.2 Å². The molecule has 0 N–H and O–H groups in total. The summed E-state index contributed by atoms with van der Waals surface area (Å²) in [5, 5.41) is 0. The summed E-state index contributed by atoms with van der Waals surface area (Å²) in [6, 6.07) is 11.6. The normalized spacial score (nSPS) is 24.4. The lowest BCUT2D eigenvalue weighted by Crippen LogP contribution is -2.61. The first-order valence-corrected chi connectivity index (χ1v) is 8.34. The molecule has 1 spiro atoms. The van der Waals surface area contributed by atoms with Gasteiger partial charge in [-0.2, -0.15) is 0 Å². The quantitative estimate of drug-likeness (QED) is 0.816. The number of benzene rings is 1. The van der Waals surface area contributed by atoms with Crippen LogP contribution in [0.1, 0.15) is 0 Å². The van der Waals surface area contributed by atoms with Crippen molar-refractivity contribution in [1.82, 2.24) is 9.97 Å². The molecule has 1 atom stereocenters. The number of anilines is 2. The molecule has 0 saturated carbocycles. The average Bonchev–Trinajstić information content (AvgIpc) is 2.88. The van der Waals surface area contributed by atoms with Gasteiger partial charge in [0, 0.05) is 18.4 Å². The van der Waals surface area contributed by atoms with E-state index in [1.165, 1.54) is 6.33 Å². The molecule has 1 unspecified atom stereocenters. The highest BCUT2D eigenvalue weighted by Crippen LogP contribution is 2.28. The number of carbonyl (C=O) groups excluding carboxylic acids is 1. The van der Waals surface area contributed by atoms with Crippen LogP contribution in [0.2, 0.25) is 0 Å². The fourth-order valence-corrected chi connectivity index (χ4v) is 3.31. The first kappa shape index (κ1) is 16.0. The Morgan fingerprint density at radius 3 is 2.80 bits per heavy atom. The highest BCUT2D eigenvalue weighted by atomic mass is 16.6. The monoisotopic (exact) mass is 340 g/mol. The number of rotatable bonds is 2. The second-order valence-corrected chi connectivity index (χ2v) is 6.33. The van der Waals surface area contributed by atoms with Crippen LogP contribution in [-0.2, 0) is 14.3 Å². The minimum Gasteiger partial charge on any atom is -0.376 e. The molecular weight excluding hydrogens is 320 g/mol. The number of hydrogen-bond donors (Lipinski definition) is 0. The highest BCUT2D eigenvalue weighted by Gasteiger charge is 2.43. The van der Waals surface area contributed by atoms with Gasteiger partial charge in [0.15, 0.2) is 0 Å². The topological polar surface area (TPSA) is 67.8 Å². The molecule has 1 aromatic heterocycles. The number of morpholine rings is 1. The number of amides is 1. The Labute approximate surface area is 146 Å². The van der Waals surface area contributed by atoms with Gasteiger partial charge in [0.1, 0.15) is 24.4 Å². The molecule has 130 valence electrons. The molecule has 0 radical (unpaired) electrons. The van der Waals surface area contributed by atoms with E-state index in [9.17, 15) is 4.79 Å². The summed E-state index contributed by atoms with van der Waals surface area (Å²) >= 11 is 0. The van der Waals surface area contributed by atoms with Crippen LogP contribution in [0, 0.1) is 0 Å². The van der Waals surface area contributed by atoms with Crippen molar-refractivity contribution in [3.05, 3.63) is 48.9 Å². The number of carbonyl (C=O) groups is 1. The molecule has 1 amide bonds. The second-order valence-electron chi connectivity index (χ2n) is 6.33. The lowest BCUT2D eigenvalue weighted by molar-refractivity contribution is -0.143. The minimum absolute atomic E-state index is 0.0327. The number of nitrogens with zero attached hydrogens (tertiary/aromatic N) is 4. The summed E-state index contributed by atoms with van der Waals surface area (Å²) in [5.41, 5.74) is 0.304. The molecule has 7 nitrogen and oxygen atoms in total. The van der Waals surface area contributed by atoms with Gasteiger partial charge in [0.05, 0.1) is 26.3 Å². The first-order valence-electron chi connectivity index (χ1n) is 8.34. The van der Waals surface area contributed by atoms with Gasteiger partial charge in [-0.25, -0.2) is 9.97 Å². The molecule has 1 aromatic carbocycles. The first-order chi connectivity index (χ1) is 12.3. The molecule has 25 heavy (non-hydrogen) atoms. The van der Waals surface area contributed by atoms with E-state index in [0.29, 0.717) is 26.3 Å². The maximum atomic E-state index is 12.4. The van der Waals surface area contributed by atoms with Gasteiger partial charge in [-0.15, -0.1) is 0 Å². The predicted octanol–water partition coefficient (Wildman–Crippen LogP) is 1.12. The standard InChI is InChI=1S/C18H20N4O3/c23-17-10-25-18(12-22(17)15-4-2-1-3-5-15)11-21(8-9-24-13-18)16-6-7-19-14-20-16/h1-7,14H,8-13H2. The van der Waals surface area contributed by atoms with E-state index in [1.807, 2.05) is 36.4 Å². The molecule has 7 heteroatoms. The van der Waals surface area contributed by atoms with Gasteiger partial charge in [-0.3, -0.25) is 4.79 Å². The molecule has 2 fully saturated rings. The van der Waals surface area contributed by atoms with E-state index in [2.05, 4.69) is 14.9 Å². The van der Waals surface area contributed by atoms with E-state index in [-0.39, 0.29) is 12.5 Å². The van der Waals surface area contributed by atoms with Crippen molar-refractivity contribution < 1.29 is 14.3 Å². The van der Waals surface area contributed by atoms with Crippen molar-refractivity contribution in [2.45, 2.75) is 5.60 Å². The second kappa shape index (κ2) is 6.78. The lowest BCUT2D eigenvalue weighted by atomic mass is 10.0. The SMILES string of the molecule is O=C1COC2(COCCN(c3ccncn3)C2)CN1c1ccccc1. The van der Waals surface area contributed by atoms with Crippen molar-refractivity contribution in [2.75, 3.05) is 49.3 Å². The smallest absolute Gasteiger partial charge is 0.253 e. The molecule has 0 aliphatic carbocycles. The van der Waals surface area contributed by atoms with Gasteiger partial charge in [0.25, 0.3) is 5.91 Å². The van der Waals surface area contributed by atoms with Gasteiger partial charge in [0.2, 0.25) is 0 Å². The fraction of sp³-hybridized carbons (Fsp3) is 0.389. The Kier molecular flexibility index (Phi) is 4.33. The number of hydrogen-bond acceptors (Lipinski definition) is 6. The van der Waals surface area contributed by atoms with E-state index >= 15 is 0 Å². The van der Waals surface area contributed by atoms with Crippen LogP contribution in [0.15, 0.2) is 48.9 Å². The predicted molar refractivity (Wildman–Crippen MR) is 92.5 cm³/mol. The van der Waals surface area contributed by atoms with Crippen molar-refractivity contribution in [1.29, 1.82) is 0 Å². The van der Waals surface area contributed by atoms with Gasteiger partial charge >= 0.3 is 0 Å². The van der Waals surface area contributed by atoms with E-state index in [0.717, 1.165) is 18.1 Å². The molecule has 2 aliphatic rings. The van der Waals surface area contributed by atoms with Crippen LogP contribution in [0.4, 0.5) is 11.5 Å². The highest BCUT2D eigenvalue weighted by molar-refractivity contribution is 5.95. The third-order valence-corrected chi connectivity index (χ3v) is 4.56. The van der Waals surface area contributed by atoms with E-state index in [1.54, 1.807) is 11.1 Å². The minimum atomic E-state index is -0.578. The van der Waals surface area contributed by atoms with Gasteiger partial charge in [-0.1, -0.05) is 18.2 Å². The van der Waals surface area contributed by atoms with Crippen LogP contribution < -0.4 is 9.80 Å². The van der Waals surface area contributed by atoms with Crippen LogP contribution in [0.5, 0.6) is 0 Å². The van der Waals surface area contributed by atoms with E-state index < -0.39 is 5.60 Å². The van der Waals surface area contributed by atoms with Crippen LogP contribution in [-0.4, -0.2) is 60.9 Å². The zero-order valence-corrected chi connectivity index (χ0v) is 13.9. The molecule has 2 saturated heterocycles. The summed E-state index contributed by atoms with van der Waals surface area (Å²) in [7, 11) is 0. The molecular formula is C18H20N4O3. The summed E-state index contributed by atoms with van der Waals surface area (Å²) in [6.45, 7) is 2.88. The number of ether oxygens (including phenoxy) is 2. The molecule has 2 aliphatic heterocycles. The maximum absolute atomic E-state index is 12.4. The Morgan fingerprint density at radius 1 is 1.12 bits per heavy atom. The summed E-state index contributed by atoms with van der Waals surface area (Å²) in [5.74, 6) is 0.807. The average molecular weight is 340 g/mol. The number of para-hydroxylation sites is 1. The maximum Gasteiger partial charge on any atom is 0.253 e. The Morgan fingerprint density at radius 2 is 2.00 bits per heavy atom. The zero-order valence-electron chi connectivity index (χ0n) is 13.9. The number of aromatic nitrogens is 2. The molecule has 4 rings (SSSR count). The molecule has 0 bridgehead atoms. The Bertz CT molecular complexity index is 728. The Hall–Kier alpha value is -2.51. The van der Waals surface area contributed by atoms with Crippen molar-refractivity contribution in [3.8, 4) is 0 Å².